The fourth-order valence-electron chi connectivity index (χ4n) is 3.42. The molecule has 8 heteroatoms. The lowest BCUT2D eigenvalue weighted by Crippen LogP contribution is -2.42. The van der Waals surface area contributed by atoms with E-state index in [2.05, 4.69) is 0 Å². The number of methoxy groups -OCH3 is 1. The Hall–Kier alpha value is -2.16. The van der Waals surface area contributed by atoms with Crippen molar-refractivity contribution in [2.45, 2.75) is 25.1 Å². The Labute approximate surface area is 170 Å². The highest BCUT2D eigenvalue weighted by Gasteiger charge is 2.33. The molecule has 1 aliphatic rings. The van der Waals surface area contributed by atoms with Gasteiger partial charge in [0.05, 0.1) is 18.6 Å². The number of ether oxygens (including phenoxy) is 2. The van der Waals surface area contributed by atoms with E-state index in [4.69, 9.17) is 9.47 Å². The van der Waals surface area contributed by atoms with Crippen LogP contribution in [0.5, 0.6) is 11.5 Å². The van der Waals surface area contributed by atoms with Crippen LogP contribution in [0.2, 0.25) is 0 Å². The van der Waals surface area contributed by atoms with Crippen LogP contribution >= 0.6 is 0 Å². The summed E-state index contributed by atoms with van der Waals surface area (Å²) >= 11 is 0. The quantitative estimate of drug-likeness (QED) is 0.667. The lowest BCUT2D eigenvalue weighted by Gasteiger charge is -2.30. The molecule has 0 spiro atoms. The van der Waals surface area contributed by atoms with Crippen molar-refractivity contribution in [3.05, 3.63) is 59.9 Å². The van der Waals surface area contributed by atoms with E-state index in [0.717, 1.165) is 11.3 Å². The van der Waals surface area contributed by atoms with Gasteiger partial charge in [-0.1, -0.05) is 12.1 Å². The van der Waals surface area contributed by atoms with Gasteiger partial charge in [-0.05, 0) is 48.4 Å². The Morgan fingerprint density at radius 3 is 2.38 bits per heavy atom. The highest BCUT2D eigenvalue weighted by molar-refractivity contribution is 7.91. The zero-order valence-electron chi connectivity index (χ0n) is 16.3. The Morgan fingerprint density at radius 1 is 1.14 bits per heavy atom. The standard InChI is InChI=1S/C21H26FNO5S/c1-27-20-6-2-16(3-7-20)12-23(18-10-11-29(25,26)15-18)13-19(24)14-28-21-8-4-17(22)5-9-21/h2-9,18-19,24H,10-15H2,1H3. The molecule has 3 rings (SSSR count). The average Bonchev–Trinajstić information content (AvgIpc) is 3.07. The summed E-state index contributed by atoms with van der Waals surface area (Å²) in [4.78, 5) is 1.99. The minimum Gasteiger partial charge on any atom is -0.497 e. The third-order valence-electron chi connectivity index (χ3n) is 4.97. The van der Waals surface area contributed by atoms with Crippen LogP contribution in [0.3, 0.4) is 0 Å². The molecule has 29 heavy (non-hydrogen) atoms. The van der Waals surface area contributed by atoms with Gasteiger partial charge in [0, 0.05) is 19.1 Å². The van der Waals surface area contributed by atoms with E-state index in [0.29, 0.717) is 18.7 Å². The van der Waals surface area contributed by atoms with Crippen LogP contribution in [0.4, 0.5) is 4.39 Å². The van der Waals surface area contributed by atoms with Gasteiger partial charge in [-0.2, -0.15) is 0 Å². The minimum absolute atomic E-state index is 0.0320. The molecule has 0 aromatic heterocycles. The summed E-state index contributed by atoms with van der Waals surface area (Å²) < 4.78 is 47.6. The van der Waals surface area contributed by atoms with E-state index in [1.807, 2.05) is 29.2 Å². The van der Waals surface area contributed by atoms with Crippen molar-refractivity contribution in [3.63, 3.8) is 0 Å². The normalized spacial score (nSPS) is 19.2. The molecule has 2 atom stereocenters. The molecule has 0 saturated carbocycles. The van der Waals surface area contributed by atoms with Crippen molar-refractivity contribution in [3.8, 4) is 11.5 Å². The van der Waals surface area contributed by atoms with E-state index >= 15 is 0 Å². The van der Waals surface area contributed by atoms with Crippen molar-refractivity contribution >= 4 is 9.84 Å². The number of rotatable bonds is 9. The molecule has 0 amide bonds. The monoisotopic (exact) mass is 423 g/mol. The van der Waals surface area contributed by atoms with E-state index in [1.54, 1.807) is 7.11 Å². The number of hydrogen-bond donors (Lipinski definition) is 1. The Balaban J connectivity index is 1.64. The topological polar surface area (TPSA) is 76.1 Å². The van der Waals surface area contributed by atoms with E-state index in [1.165, 1.54) is 24.3 Å². The van der Waals surface area contributed by atoms with Gasteiger partial charge in [-0.3, -0.25) is 4.90 Å². The predicted octanol–water partition coefficient (Wildman–Crippen LogP) is 2.26. The largest absolute Gasteiger partial charge is 0.497 e. The first kappa shape index (κ1) is 21.5. The maximum absolute atomic E-state index is 13.0. The van der Waals surface area contributed by atoms with Gasteiger partial charge in [0.25, 0.3) is 0 Å². The zero-order valence-corrected chi connectivity index (χ0v) is 17.1. The molecule has 2 aromatic rings. The second-order valence-corrected chi connectivity index (χ2v) is 9.48. The van der Waals surface area contributed by atoms with Crippen LogP contribution < -0.4 is 9.47 Å². The maximum Gasteiger partial charge on any atom is 0.151 e. The highest BCUT2D eigenvalue weighted by Crippen LogP contribution is 2.22. The molecular weight excluding hydrogens is 397 g/mol. The molecular formula is C21H26FNO5S. The molecule has 0 bridgehead atoms. The molecule has 1 saturated heterocycles. The lowest BCUT2D eigenvalue weighted by atomic mass is 10.1. The maximum atomic E-state index is 13.0. The molecule has 2 unspecified atom stereocenters. The summed E-state index contributed by atoms with van der Waals surface area (Å²) in [6, 6.07) is 13.0. The second kappa shape index (κ2) is 9.56. The van der Waals surface area contributed by atoms with Crippen LogP contribution in [0, 0.1) is 5.82 Å². The van der Waals surface area contributed by atoms with Crippen LogP contribution in [0.15, 0.2) is 48.5 Å². The van der Waals surface area contributed by atoms with Gasteiger partial charge < -0.3 is 14.6 Å². The molecule has 1 fully saturated rings. The van der Waals surface area contributed by atoms with Gasteiger partial charge in [0.2, 0.25) is 0 Å². The summed E-state index contributed by atoms with van der Waals surface area (Å²) in [5, 5.41) is 10.5. The first-order chi connectivity index (χ1) is 13.8. The van der Waals surface area contributed by atoms with Crippen molar-refractivity contribution in [1.82, 2.24) is 4.90 Å². The SMILES string of the molecule is COc1ccc(CN(CC(O)COc2ccc(F)cc2)C2CCS(=O)(=O)C2)cc1. The number of sulfone groups is 1. The van der Waals surface area contributed by atoms with E-state index in [9.17, 15) is 17.9 Å². The van der Waals surface area contributed by atoms with Crippen molar-refractivity contribution in [2.75, 3.05) is 31.8 Å². The first-order valence-electron chi connectivity index (χ1n) is 9.48. The highest BCUT2D eigenvalue weighted by atomic mass is 32.2. The number of halogens is 1. The average molecular weight is 424 g/mol. The van der Waals surface area contributed by atoms with E-state index < -0.39 is 15.9 Å². The molecule has 1 heterocycles. The molecule has 1 N–H and O–H groups in total. The number of aliphatic hydroxyl groups is 1. The van der Waals surface area contributed by atoms with Crippen molar-refractivity contribution in [1.29, 1.82) is 0 Å². The Kier molecular flexibility index (Phi) is 7.10. The zero-order chi connectivity index (χ0) is 20.9. The number of benzene rings is 2. The van der Waals surface area contributed by atoms with Crippen LogP contribution in [-0.4, -0.2) is 62.3 Å². The van der Waals surface area contributed by atoms with Gasteiger partial charge in [0.1, 0.15) is 30.0 Å². The molecule has 0 radical (unpaired) electrons. The summed E-state index contributed by atoms with van der Waals surface area (Å²) in [5.74, 6) is 1.12. The third-order valence-corrected chi connectivity index (χ3v) is 6.72. The minimum atomic E-state index is -3.05. The third kappa shape index (κ3) is 6.42. The second-order valence-electron chi connectivity index (χ2n) is 7.25. The number of hydrogen-bond acceptors (Lipinski definition) is 6. The van der Waals surface area contributed by atoms with Crippen LogP contribution in [-0.2, 0) is 16.4 Å². The lowest BCUT2D eigenvalue weighted by molar-refractivity contribution is 0.0524. The van der Waals surface area contributed by atoms with Gasteiger partial charge in [0.15, 0.2) is 9.84 Å². The molecule has 158 valence electrons. The smallest absolute Gasteiger partial charge is 0.151 e. The first-order valence-corrected chi connectivity index (χ1v) is 11.3. The Bertz CT molecular complexity index is 886. The molecule has 2 aromatic carbocycles. The van der Waals surface area contributed by atoms with Crippen molar-refractivity contribution in [2.24, 2.45) is 0 Å². The fraction of sp³-hybridized carbons (Fsp3) is 0.429. The summed E-state index contributed by atoms with van der Waals surface area (Å²) in [6.45, 7) is 0.815. The number of nitrogens with zero attached hydrogens (tertiary/aromatic N) is 1. The van der Waals surface area contributed by atoms with Crippen molar-refractivity contribution < 1.29 is 27.4 Å². The van der Waals surface area contributed by atoms with Gasteiger partial charge in [-0.15, -0.1) is 0 Å². The molecule has 0 aliphatic carbocycles. The predicted molar refractivity (Wildman–Crippen MR) is 108 cm³/mol. The van der Waals surface area contributed by atoms with Gasteiger partial charge >= 0.3 is 0 Å². The molecule has 1 aliphatic heterocycles. The fourth-order valence-corrected chi connectivity index (χ4v) is 5.18. The summed E-state index contributed by atoms with van der Waals surface area (Å²) in [6.07, 6.45) is -0.272. The molecule has 6 nitrogen and oxygen atoms in total. The van der Waals surface area contributed by atoms with Crippen LogP contribution in [0.1, 0.15) is 12.0 Å². The van der Waals surface area contributed by atoms with E-state index in [-0.39, 0.29) is 36.5 Å². The van der Waals surface area contributed by atoms with Crippen LogP contribution in [0.25, 0.3) is 0 Å². The number of aliphatic hydroxyl groups excluding tert-OH is 1. The summed E-state index contributed by atoms with van der Waals surface area (Å²) in [7, 11) is -1.45. The van der Waals surface area contributed by atoms with Gasteiger partial charge in [-0.25, -0.2) is 12.8 Å². The summed E-state index contributed by atoms with van der Waals surface area (Å²) in [5.41, 5.74) is 1.00. The Morgan fingerprint density at radius 2 is 1.79 bits per heavy atom.